The van der Waals surface area contributed by atoms with E-state index in [1.165, 1.54) is 24.1 Å². The average Bonchev–Trinajstić information content (AvgIpc) is 3.41. The highest BCUT2D eigenvalue weighted by molar-refractivity contribution is 7.98. The Bertz CT molecular complexity index is 1140. The number of rotatable bonds is 6. The molecular weight excluding hydrogens is 415 g/mol. The number of methoxy groups -OCH3 is 1. The second-order valence-electron chi connectivity index (χ2n) is 6.31. The summed E-state index contributed by atoms with van der Waals surface area (Å²) in [5.41, 5.74) is 0.537. The molecule has 5 nitrogen and oxygen atoms in total. The molecular formula is C21H16F3N3O2S. The zero-order valence-corrected chi connectivity index (χ0v) is 16.6. The fourth-order valence-corrected chi connectivity index (χ4v) is 3.79. The SMILES string of the molecule is COc1cccc(CSc2nnc(-c3ccco3)n2-c2cccc(C(F)(F)F)c2)c1. The van der Waals surface area contributed by atoms with Crippen molar-refractivity contribution in [2.75, 3.05) is 7.11 Å². The molecule has 9 heteroatoms. The number of hydrogen-bond acceptors (Lipinski definition) is 5. The van der Waals surface area contributed by atoms with Gasteiger partial charge < -0.3 is 9.15 Å². The van der Waals surface area contributed by atoms with Crippen molar-refractivity contribution in [3.05, 3.63) is 78.1 Å². The molecule has 0 atom stereocenters. The molecule has 0 saturated carbocycles. The molecule has 0 saturated heterocycles. The molecule has 2 aromatic carbocycles. The Morgan fingerprint density at radius 3 is 2.60 bits per heavy atom. The summed E-state index contributed by atoms with van der Waals surface area (Å²) in [6, 6.07) is 16.0. The monoisotopic (exact) mass is 431 g/mol. The van der Waals surface area contributed by atoms with Gasteiger partial charge in [0.05, 0.1) is 24.6 Å². The second kappa shape index (κ2) is 8.27. The van der Waals surface area contributed by atoms with Gasteiger partial charge in [-0.15, -0.1) is 10.2 Å². The summed E-state index contributed by atoms with van der Waals surface area (Å²) in [4.78, 5) is 0. The molecule has 2 aromatic heterocycles. The fraction of sp³-hybridized carbons (Fsp3) is 0.143. The van der Waals surface area contributed by atoms with E-state index in [4.69, 9.17) is 9.15 Å². The number of nitrogens with zero attached hydrogens (tertiary/aromatic N) is 3. The van der Waals surface area contributed by atoms with Gasteiger partial charge in [-0.2, -0.15) is 13.2 Å². The van der Waals surface area contributed by atoms with E-state index >= 15 is 0 Å². The second-order valence-corrected chi connectivity index (χ2v) is 7.25. The summed E-state index contributed by atoms with van der Waals surface area (Å²) in [5, 5.41) is 8.81. The summed E-state index contributed by atoms with van der Waals surface area (Å²) in [7, 11) is 1.59. The Morgan fingerprint density at radius 1 is 1.03 bits per heavy atom. The third kappa shape index (κ3) is 4.20. The molecule has 0 spiro atoms. The lowest BCUT2D eigenvalue weighted by atomic mass is 10.2. The Morgan fingerprint density at radius 2 is 1.87 bits per heavy atom. The van der Waals surface area contributed by atoms with Crippen molar-refractivity contribution < 1.29 is 22.3 Å². The average molecular weight is 431 g/mol. The van der Waals surface area contributed by atoms with Crippen LogP contribution in [0.3, 0.4) is 0 Å². The normalized spacial score (nSPS) is 11.6. The van der Waals surface area contributed by atoms with Gasteiger partial charge in [-0.3, -0.25) is 4.57 Å². The first-order chi connectivity index (χ1) is 14.5. The van der Waals surface area contributed by atoms with Crippen molar-refractivity contribution in [2.24, 2.45) is 0 Å². The van der Waals surface area contributed by atoms with Crippen LogP contribution in [0.25, 0.3) is 17.3 Å². The zero-order chi connectivity index (χ0) is 21.1. The molecule has 0 aliphatic heterocycles. The highest BCUT2D eigenvalue weighted by Gasteiger charge is 2.31. The van der Waals surface area contributed by atoms with Crippen LogP contribution in [-0.4, -0.2) is 21.9 Å². The van der Waals surface area contributed by atoms with E-state index in [9.17, 15) is 13.2 Å². The molecule has 2 heterocycles. The van der Waals surface area contributed by atoms with Crippen LogP contribution < -0.4 is 4.74 Å². The minimum absolute atomic E-state index is 0.300. The zero-order valence-electron chi connectivity index (χ0n) is 15.8. The van der Waals surface area contributed by atoms with Crippen molar-refractivity contribution in [3.63, 3.8) is 0 Å². The van der Waals surface area contributed by atoms with Crippen LogP contribution in [-0.2, 0) is 11.9 Å². The van der Waals surface area contributed by atoms with Gasteiger partial charge in [0.15, 0.2) is 10.9 Å². The fourth-order valence-electron chi connectivity index (χ4n) is 2.89. The van der Waals surface area contributed by atoms with E-state index in [2.05, 4.69) is 10.2 Å². The number of aromatic nitrogens is 3. The highest BCUT2D eigenvalue weighted by Crippen LogP contribution is 2.34. The van der Waals surface area contributed by atoms with Crippen molar-refractivity contribution >= 4 is 11.8 Å². The van der Waals surface area contributed by atoms with Crippen molar-refractivity contribution in [2.45, 2.75) is 17.1 Å². The predicted octanol–water partition coefficient (Wildman–Crippen LogP) is 5.85. The first-order valence-electron chi connectivity index (χ1n) is 8.88. The minimum atomic E-state index is -4.46. The summed E-state index contributed by atoms with van der Waals surface area (Å²) in [6.07, 6.45) is -2.98. The van der Waals surface area contributed by atoms with Crippen LogP contribution >= 0.6 is 11.8 Å². The third-order valence-corrected chi connectivity index (χ3v) is 5.31. The molecule has 0 aliphatic carbocycles. The smallest absolute Gasteiger partial charge is 0.416 e. The molecule has 0 amide bonds. The van der Waals surface area contributed by atoms with Gasteiger partial charge in [-0.1, -0.05) is 30.0 Å². The quantitative estimate of drug-likeness (QED) is 0.359. The van der Waals surface area contributed by atoms with Crippen LogP contribution in [0.4, 0.5) is 13.2 Å². The number of furan rings is 1. The third-order valence-electron chi connectivity index (χ3n) is 4.31. The van der Waals surface area contributed by atoms with Gasteiger partial charge in [0.2, 0.25) is 5.82 Å². The van der Waals surface area contributed by atoms with E-state index in [-0.39, 0.29) is 0 Å². The Labute approximate surface area is 174 Å². The number of thioether (sulfide) groups is 1. The number of alkyl halides is 3. The number of hydrogen-bond donors (Lipinski definition) is 0. The Hall–Kier alpha value is -3.20. The topological polar surface area (TPSA) is 53.1 Å². The van der Waals surface area contributed by atoms with Crippen molar-refractivity contribution in [1.29, 1.82) is 0 Å². The molecule has 0 radical (unpaired) electrons. The largest absolute Gasteiger partial charge is 0.497 e. The molecule has 4 rings (SSSR count). The van der Waals surface area contributed by atoms with Gasteiger partial charge in [0.25, 0.3) is 0 Å². The number of benzene rings is 2. The Balaban J connectivity index is 1.73. The maximum atomic E-state index is 13.2. The van der Waals surface area contributed by atoms with E-state index in [0.29, 0.717) is 28.2 Å². The van der Waals surface area contributed by atoms with Crippen molar-refractivity contribution in [3.8, 4) is 23.0 Å². The molecule has 0 N–H and O–H groups in total. The molecule has 0 aliphatic rings. The van der Waals surface area contributed by atoms with Gasteiger partial charge in [0, 0.05) is 5.75 Å². The standard InChI is InChI=1S/C21H16F3N3O2S/c1-28-17-8-2-5-14(11-17)13-30-20-26-25-19(18-9-4-10-29-18)27(20)16-7-3-6-15(12-16)21(22,23)24/h2-12H,13H2,1H3. The lowest BCUT2D eigenvalue weighted by Crippen LogP contribution is -2.07. The molecule has 0 fully saturated rings. The maximum absolute atomic E-state index is 13.2. The van der Waals surface area contributed by atoms with Gasteiger partial charge in [-0.05, 0) is 48.0 Å². The maximum Gasteiger partial charge on any atom is 0.416 e. The van der Waals surface area contributed by atoms with E-state index < -0.39 is 11.7 Å². The molecule has 0 bridgehead atoms. The molecule has 154 valence electrons. The van der Waals surface area contributed by atoms with Crippen LogP contribution in [0.2, 0.25) is 0 Å². The highest BCUT2D eigenvalue weighted by atomic mass is 32.2. The molecule has 0 unspecified atom stereocenters. The van der Waals surface area contributed by atoms with E-state index in [1.807, 2.05) is 24.3 Å². The summed E-state index contributed by atoms with van der Waals surface area (Å²) in [5.74, 6) is 2.00. The van der Waals surface area contributed by atoms with Crippen LogP contribution in [0.1, 0.15) is 11.1 Å². The summed E-state index contributed by atoms with van der Waals surface area (Å²) in [6.45, 7) is 0. The lowest BCUT2D eigenvalue weighted by Gasteiger charge is -2.12. The molecule has 30 heavy (non-hydrogen) atoms. The van der Waals surface area contributed by atoms with Crippen molar-refractivity contribution in [1.82, 2.24) is 14.8 Å². The predicted molar refractivity (Wildman–Crippen MR) is 107 cm³/mol. The van der Waals surface area contributed by atoms with Crippen LogP contribution in [0.5, 0.6) is 5.75 Å². The van der Waals surface area contributed by atoms with Gasteiger partial charge in [-0.25, -0.2) is 0 Å². The number of ether oxygens (including phenoxy) is 1. The van der Waals surface area contributed by atoms with E-state index in [1.54, 1.807) is 29.9 Å². The van der Waals surface area contributed by atoms with Crippen LogP contribution in [0, 0.1) is 0 Å². The minimum Gasteiger partial charge on any atom is -0.497 e. The van der Waals surface area contributed by atoms with Crippen LogP contribution in [0.15, 0.2) is 76.5 Å². The Kier molecular flexibility index (Phi) is 5.54. The lowest BCUT2D eigenvalue weighted by molar-refractivity contribution is -0.137. The number of halogens is 3. The summed E-state index contributed by atoms with van der Waals surface area (Å²) >= 11 is 1.36. The van der Waals surface area contributed by atoms with E-state index in [0.717, 1.165) is 23.4 Å². The summed E-state index contributed by atoms with van der Waals surface area (Å²) < 4.78 is 52.0. The first-order valence-corrected chi connectivity index (χ1v) is 9.87. The van der Waals surface area contributed by atoms with Gasteiger partial charge in [0.1, 0.15) is 5.75 Å². The molecule has 4 aromatic rings. The first kappa shape index (κ1) is 20.1. The van der Waals surface area contributed by atoms with Gasteiger partial charge >= 0.3 is 6.18 Å².